The van der Waals surface area contributed by atoms with Gasteiger partial charge in [0, 0.05) is 24.5 Å². The molecule has 0 aliphatic heterocycles. The van der Waals surface area contributed by atoms with Gasteiger partial charge in [-0.1, -0.05) is 27.2 Å². The number of aliphatic hydroxyl groups excluding tert-OH is 2. The van der Waals surface area contributed by atoms with Gasteiger partial charge in [0.25, 0.3) is 0 Å². The second-order valence-electron chi connectivity index (χ2n) is 18.7. The Morgan fingerprint density at radius 3 is 1.89 bits per heavy atom. The largest absolute Gasteiger partial charge is 0.508 e. The lowest BCUT2D eigenvalue weighted by Crippen LogP contribution is -2.44. The first kappa shape index (κ1) is 37.8. The Labute approximate surface area is 321 Å². The lowest BCUT2D eigenvalue weighted by Gasteiger charge is -2.50. The molecule has 1 unspecified atom stereocenters. The van der Waals surface area contributed by atoms with Crippen LogP contribution in [0.3, 0.4) is 0 Å². The van der Waals surface area contributed by atoms with Gasteiger partial charge in [0.2, 0.25) is 0 Å². The van der Waals surface area contributed by atoms with Crippen LogP contribution in [0, 0.1) is 34.5 Å². The molecule has 4 N–H and O–H groups in total. The molecule has 2 aromatic carbocycles. The molecule has 6 aliphatic carbocycles. The Balaban J connectivity index is 1.01. The van der Waals surface area contributed by atoms with E-state index >= 15 is 0 Å². The summed E-state index contributed by atoms with van der Waals surface area (Å²) in [5.74, 6) is 2.37. The molecular weight excluding hydrogens is 680 g/mol. The molecular formula is C46H62O8. The van der Waals surface area contributed by atoms with Crippen LogP contribution in [0.4, 0.5) is 0 Å². The minimum atomic E-state index is -0.600. The van der Waals surface area contributed by atoms with Gasteiger partial charge in [0.1, 0.15) is 23.4 Å². The van der Waals surface area contributed by atoms with Crippen LogP contribution in [0.25, 0.3) is 0 Å². The highest BCUT2D eigenvalue weighted by atomic mass is 16.5. The number of carbonyl (C=O) groups excluding carboxylic acids is 2. The van der Waals surface area contributed by atoms with Crippen LogP contribution >= 0.6 is 0 Å². The summed E-state index contributed by atoms with van der Waals surface area (Å²) in [5, 5.41) is 43.5. The fraction of sp³-hybridized carbons (Fsp3) is 0.696. The summed E-state index contributed by atoms with van der Waals surface area (Å²) in [4.78, 5) is 26.9. The Hall–Kier alpha value is -3.10. The molecule has 0 bridgehead atoms. The molecule has 11 atom stereocenters. The first-order valence-corrected chi connectivity index (χ1v) is 21.4. The number of benzene rings is 2. The molecule has 8 nitrogen and oxygen atoms in total. The number of aryl methyl sites for hydroxylation is 2. The van der Waals surface area contributed by atoms with Crippen molar-refractivity contribution in [1.29, 1.82) is 0 Å². The Morgan fingerprint density at radius 1 is 0.722 bits per heavy atom. The zero-order chi connectivity index (χ0) is 37.9. The van der Waals surface area contributed by atoms with E-state index in [1.807, 2.05) is 19.1 Å². The average Bonchev–Trinajstić information content (AvgIpc) is 3.62. The highest BCUT2D eigenvalue weighted by molar-refractivity contribution is 5.73. The van der Waals surface area contributed by atoms with Crippen LogP contribution in [0.1, 0.15) is 169 Å². The Kier molecular flexibility index (Phi) is 10.3. The number of rotatable bonds is 10. The molecule has 8 rings (SSSR count). The third-order valence-corrected chi connectivity index (χ3v) is 15.9. The first-order valence-electron chi connectivity index (χ1n) is 21.4. The molecule has 2 aromatic rings. The molecule has 0 amide bonds. The van der Waals surface area contributed by atoms with Gasteiger partial charge >= 0.3 is 11.9 Å². The molecule has 0 aromatic heterocycles. The molecule has 8 heteroatoms. The Bertz CT molecular complexity index is 1750. The summed E-state index contributed by atoms with van der Waals surface area (Å²) in [6, 6.07) is 7.12. The van der Waals surface area contributed by atoms with Gasteiger partial charge in [-0.3, -0.25) is 9.59 Å². The van der Waals surface area contributed by atoms with Gasteiger partial charge in [-0.05, 0) is 183 Å². The summed E-state index contributed by atoms with van der Waals surface area (Å²) >= 11 is 0. The third kappa shape index (κ3) is 6.55. The Morgan fingerprint density at radius 2 is 1.28 bits per heavy atom. The van der Waals surface area contributed by atoms with Crippen molar-refractivity contribution in [3.8, 4) is 17.2 Å². The standard InChI is InChI=1S/C46H62O8/c1-4-5-8-41(51)53-37(34-24-28(47)22-26-10-12-30-32(43(26)34)18-20-45(2)35(30)14-16-39(45)49)7-6-9-42(52)54-38-25-29(48)23-27-11-13-31-33(44(27)38)19-21-46(3)36(31)15-17-40(46)50/h22-25,30-33,35-37,39-40,47-50H,4-21H2,1-3H3/t30-,31-,32+,33+,35+,36+,37?,39-,40-,45+,46+/m1/s1. The van der Waals surface area contributed by atoms with Crippen LogP contribution in [0.15, 0.2) is 24.3 Å². The van der Waals surface area contributed by atoms with E-state index in [0.717, 1.165) is 112 Å². The number of esters is 2. The zero-order valence-electron chi connectivity index (χ0n) is 32.7. The molecule has 0 saturated heterocycles. The minimum absolute atomic E-state index is 0.0603. The van der Waals surface area contributed by atoms with E-state index in [0.29, 0.717) is 48.7 Å². The number of fused-ring (bicyclic) bond motifs is 10. The van der Waals surface area contributed by atoms with E-state index in [1.165, 1.54) is 5.56 Å². The number of phenols is 2. The van der Waals surface area contributed by atoms with Crippen molar-refractivity contribution >= 4 is 11.9 Å². The van der Waals surface area contributed by atoms with Crippen molar-refractivity contribution in [2.75, 3.05) is 0 Å². The number of aromatic hydroxyl groups is 2. The highest BCUT2D eigenvalue weighted by Gasteiger charge is 2.56. The minimum Gasteiger partial charge on any atom is -0.508 e. The van der Waals surface area contributed by atoms with E-state index in [1.54, 1.807) is 12.1 Å². The topological polar surface area (TPSA) is 134 Å². The van der Waals surface area contributed by atoms with Crippen molar-refractivity contribution in [1.82, 2.24) is 0 Å². The normalized spacial score (nSPS) is 35.4. The van der Waals surface area contributed by atoms with Gasteiger partial charge in [-0.15, -0.1) is 0 Å². The predicted octanol–water partition coefficient (Wildman–Crippen LogP) is 9.08. The predicted molar refractivity (Wildman–Crippen MR) is 205 cm³/mol. The molecule has 0 heterocycles. The molecule has 0 radical (unpaired) electrons. The quantitative estimate of drug-likeness (QED) is 0.140. The van der Waals surface area contributed by atoms with Crippen LogP contribution in [-0.2, 0) is 27.2 Å². The van der Waals surface area contributed by atoms with Crippen molar-refractivity contribution in [3.05, 3.63) is 52.1 Å². The van der Waals surface area contributed by atoms with E-state index < -0.39 is 6.10 Å². The second-order valence-corrected chi connectivity index (χ2v) is 18.7. The van der Waals surface area contributed by atoms with E-state index in [-0.39, 0.29) is 64.7 Å². The first-order chi connectivity index (χ1) is 25.9. The molecule has 54 heavy (non-hydrogen) atoms. The fourth-order valence-corrected chi connectivity index (χ4v) is 13.1. The van der Waals surface area contributed by atoms with Crippen LogP contribution < -0.4 is 4.74 Å². The van der Waals surface area contributed by atoms with E-state index in [2.05, 4.69) is 13.8 Å². The van der Waals surface area contributed by atoms with Gasteiger partial charge in [0.05, 0.1) is 12.2 Å². The maximum atomic E-state index is 13.7. The average molecular weight is 743 g/mol. The van der Waals surface area contributed by atoms with E-state index in [9.17, 15) is 30.0 Å². The summed E-state index contributed by atoms with van der Waals surface area (Å²) in [6.45, 7) is 6.57. The number of hydrogen-bond acceptors (Lipinski definition) is 8. The summed E-state index contributed by atoms with van der Waals surface area (Å²) in [7, 11) is 0. The number of hydrogen-bond donors (Lipinski definition) is 4. The number of unbranched alkanes of at least 4 members (excludes halogenated alkanes) is 1. The maximum Gasteiger partial charge on any atom is 0.311 e. The van der Waals surface area contributed by atoms with Crippen LogP contribution in [0.5, 0.6) is 17.2 Å². The van der Waals surface area contributed by atoms with Crippen molar-refractivity contribution in [2.24, 2.45) is 34.5 Å². The van der Waals surface area contributed by atoms with E-state index in [4.69, 9.17) is 9.47 Å². The van der Waals surface area contributed by atoms with Gasteiger partial charge < -0.3 is 29.9 Å². The van der Waals surface area contributed by atoms with Crippen molar-refractivity contribution in [2.45, 2.75) is 166 Å². The third-order valence-electron chi connectivity index (χ3n) is 15.9. The second kappa shape index (κ2) is 14.8. The molecule has 6 aliphatic rings. The monoisotopic (exact) mass is 742 g/mol. The number of phenolic OH excluding ortho intramolecular Hbond substituents is 2. The number of carbonyl (C=O) groups is 2. The molecule has 0 spiro atoms. The van der Waals surface area contributed by atoms with Crippen molar-refractivity contribution in [3.63, 3.8) is 0 Å². The molecule has 4 fully saturated rings. The fourth-order valence-electron chi connectivity index (χ4n) is 13.1. The molecule has 4 saturated carbocycles. The van der Waals surface area contributed by atoms with Gasteiger partial charge in [0.15, 0.2) is 0 Å². The zero-order valence-corrected chi connectivity index (χ0v) is 32.7. The number of aliphatic hydroxyl groups is 2. The van der Waals surface area contributed by atoms with Gasteiger partial charge in [-0.2, -0.15) is 0 Å². The summed E-state index contributed by atoms with van der Waals surface area (Å²) in [5.41, 5.74) is 5.20. The summed E-state index contributed by atoms with van der Waals surface area (Å²) < 4.78 is 12.4. The highest BCUT2D eigenvalue weighted by Crippen LogP contribution is 2.63. The SMILES string of the molecule is CCCCC(=O)OC(CCCC(=O)Oc1cc(O)cc2c1[C@H]1CC[C@]3(C)[C@H](O)CC[C@H]3[C@@H]1CC2)c1cc(O)cc2c1[C@H]1CC[C@]3(C)[C@H](O)CC[C@H]3[C@@H]1CC2. The smallest absolute Gasteiger partial charge is 0.311 e. The lowest BCUT2D eigenvalue weighted by atomic mass is 9.55. The van der Waals surface area contributed by atoms with Crippen molar-refractivity contribution < 1.29 is 39.5 Å². The van der Waals surface area contributed by atoms with Crippen LogP contribution in [-0.4, -0.2) is 44.6 Å². The van der Waals surface area contributed by atoms with Gasteiger partial charge in [-0.25, -0.2) is 0 Å². The lowest BCUT2D eigenvalue weighted by molar-refractivity contribution is -0.150. The summed E-state index contributed by atoms with van der Waals surface area (Å²) in [6.07, 6.45) is 13.0. The number of ether oxygens (including phenoxy) is 2. The maximum absolute atomic E-state index is 13.7. The molecule has 294 valence electrons. The van der Waals surface area contributed by atoms with Crippen LogP contribution in [0.2, 0.25) is 0 Å².